The number of hydrogen-bond acceptors (Lipinski definition) is 4. The molecule has 1 aliphatic rings. The van der Waals surface area contributed by atoms with Crippen LogP contribution in [-0.2, 0) is 24.6 Å². The van der Waals surface area contributed by atoms with E-state index in [2.05, 4.69) is 56.2 Å². The average Bonchev–Trinajstić information content (AvgIpc) is 3.39. The lowest BCUT2D eigenvalue weighted by atomic mass is 9.76. The van der Waals surface area contributed by atoms with Crippen LogP contribution in [0.15, 0.2) is 54.7 Å². The predicted molar refractivity (Wildman–Crippen MR) is 158 cm³/mol. The van der Waals surface area contributed by atoms with Crippen LogP contribution in [0, 0.1) is 0 Å². The minimum absolute atomic E-state index is 0.0519. The van der Waals surface area contributed by atoms with Gasteiger partial charge in [0.15, 0.2) is 11.5 Å². The standard InChI is InChI=1S/C33H38F3N5/c1-20(2)24-10-7-8-11-25(24)30-39-28-26(12-9-17-32(28,5)6)29(40-30)37-18-22-13-15-23(16-14-22)31-38-27(33(34,35)36)19-41(31)21(3)4/h7-8,10-11,13-16,19-21H,9,12,17-18H2,1-6H3,(H,37,39,40). The fraction of sp³-hybridized carbons (Fsp3) is 0.424. The second kappa shape index (κ2) is 11.0. The lowest BCUT2D eigenvalue weighted by molar-refractivity contribution is -0.140. The molecule has 0 aliphatic heterocycles. The predicted octanol–water partition coefficient (Wildman–Crippen LogP) is 8.96. The van der Waals surface area contributed by atoms with Crippen LogP contribution < -0.4 is 5.32 Å². The molecule has 5 rings (SSSR count). The number of halogens is 3. The highest BCUT2D eigenvalue weighted by molar-refractivity contribution is 5.65. The lowest BCUT2D eigenvalue weighted by Gasteiger charge is -2.32. The molecule has 0 amide bonds. The molecule has 0 saturated heterocycles. The maximum Gasteiger partial charge on any atom is 0.434 e. The van der Waals surface area contributed by atoms with Gasteiger partial charge in [0.2, 0.25) is 0 Å². The first kappa shape index (κ1) is 28.8. The number of rotatable bonds is 7. The Labute approximate surface area is 240 Å². The molecule has 5 nitrogen and oxygen atoms in total. The van der Waals surface area contributed by atoms with Gasteiger partial charge in [0.05, 0.1) is 5.69 Å². The highest BCUT2D eigenvalue weighted by Gasteiger charge is 2.35. The first-order valence-electron chi connectivity index (χ1n) is 14.3. The van der Waals surface area contributed by atoms with Crippen molar-refractivity contribution in [1.82, 2.24) is 19.5 Å². The Hall–Kier alpha value is -3.68. The molecule has 0 radical (unpaired) electrons. The third-order valence-corrected chi connectivity index (χ3v) is 7.95. The largest absolute Gasteiger partial charge is 0.434 e. The summed E-state index contributed by atoms with van der Waals surface area (Å²) in [7, 11) is 0. The van der Waals surface area contributed by atoms with E-state index in [1.165, 1.54) is 11.1 Å². The normalized spacial score (nSPS) is 14.9. The van der Waals surface area contributed by atoms with Crippen molar-refractivity contribution in [2.75, 3.05) is 5.32 Å². The number of nitrogens with one attached hydrogen (secondary N) is 1. The van der Waals surface area contributed by atoms with Crippen molar-refractivity contribution in [3.8, 4) is 22.8 Å². The highest BCUT2D eigenvalue weighted by atomic mass is 19.4. The molecule has 1 N–H and O–H groups in total. The van der Waals surface area contributed by atoms with Crippen LogP contribution in [0.3, 0.4) is 0 Å². The maximum absolute atomic E-state index is 13.4. The van der Waals surface area contributed by atoms with Gasteiger partial charge in [-0.1, -0.05) is 76.2 Å². The monoisotopic (exact) mass is 561 g/mol. The molecule has 1 aliphatic carbocycles. The highest BCUT2D eigenvalue weighted by Crippen LogP contribution is 2.40. The number of alkyl halides is 3. The van der Waals surface area contributed by atoms with Crippen LogP contribution in [-0.4, -0.2) is 19.5 Å². The number of nitrogens with zero attached hydrogens (tertiary/aromatic N) is 4. The van der Waals surface area contributed by atoms with E-state index >= 15 is 0 Å². The van der Waals surface area contributed by atoms with Crippen molar-refractivity contribution in [2.45, 2.75) is 90.9 Å². The number of imidazole rings is 1. The molecule has 8 heteroatoms. The molecule has 2 aromatic carbocycles. The summed E-state index contributed by atoms with van der Waals surface area (Å²) in [5.41, 5.74) is 5.26. The molecule has 0 spiro atoms. The van der Waals surface area contributed by atoms with Gasteiger partial charge in [-0.05, 0) is 50.2 Å². The molecule has 0 fully saturated rings. The Morgan fingerprint density at radius 2 is 1.66 bits per heavy atom. The summed E-state index contributed by atoms with van der Waals surface area (Å²) in [5, 5.41) is 3.58. The van der Waals surface area contributed by atoms with Gasteiger partial charge in [0.25, 0.3) is 0 Å². The van der Waals surface area contributed by atoms with Gasteiger partial charge in [0.1, 0.15) is 11.6 Å². The first-order chi connectivity index (χ1) is 19.3. The zero-order valence-electron chi connectivity index (χ0n) is 24.6. The van der Waals surface area contributed by atoms with Crippen LogP contribution in [0.5, 0.6) is 0 Å². The summed E-state index contributed by atoms with van der Waals surface area (Å²) in [6.45, 7) is 13.1. The lowest BCUT2D eigenvalue weighted by Crippen LogP contribution is -2.27. The zero-order chi connectivity index (χ0) is 29.5. The van der Waals surface area contributed by atoms with E-state index in [9.17, 15) is 13.2 Å². The minimum Gasteiger partial charge on any atom is -0.366 e. The van der Waals surface area contributed by atoms with E-state index in [-0.39, 0.29) is 11.5 Å². The molecular weight excluding hydrogens is 523 g/mol. The Kier molecular flexibility index (Phi) is 7.70. The summed E-state index contributed by atoms with van der Waals surface area (Å²) in [5.74, 6) is 2.24. The molecule has 0 saturated carbocycles. The molecule has 216 valence electrons. The third kappa shape index (κ3) is 5.88. The number of fused-ring (bicyclic) bond motifs is 1. The smallest absolute Gasteiger partial charge is 0.366 e. The van der Waals surface area contributed by atoms with E-state index in [1.807, 2.05) is 44.2 Å². The van der Waals surface area contributed by atoms with Gasteiger partial charge >= 0.3 is 6.18 Å². The van der Waals surface area contributed by atoms with Crippen molar-refractivity contribution in [1.29, 1.82) is 0 Å². The summed E-state index contributed by atoms with van der Waals surface area (Å²) >= 11 is 0. The van der Waals surface area contributed by atoms with Crippen molar-refractivity contribution in [2.24, 2.45) is 0 Å². The van der Waals surface area contributed by atoms with Gasteiger partial charge in [-0.15, -0.1) is 0 Å². The number of anilines is 1. The molecule has 0 unspecified atom stereocenters. The number of aromatic nitrogens is 4. The van der Waals surface area contributed by atoms with E-state index in [0.29, 0.717) is 23.9 Å². The molecule has 4 aromatic rings. The molecular formula is C33H38F3N5. The topological polar surface area (TPSA) is 55.6 Å². The van der Waals surface area contributed by atoms with Gasteiger partial charge in [-0.3, -0.25) is 0 Å². The minimum atomic E-state index is -4.49. The Balaban J connectivity index is 1.46. The Bertz CT molecular complexity index is 1530. The fourth-order valence-electron chi connectivity index (χ4n) is 5.67. The van der Waals surface area contributed by atoms with Crippen LogP contribution in [0.4, 0.5) is 19.0 Å². The van der Waals surface area contributed by atoms with Crippen molar-refractivity contribution in [3.05, 3.63) is 82.8 Å². The second-order valence-electron chi connectivity index (χ2n) is 12.2. The summed E-state index contributed by atoms with van der Waals surface area (Å²) in [4.78, 5) is 14.1. The first-order valence-corrected chi connectivity index (χ1v) is 14.3. The van der Waals surface area contributed by atoms with E-state index in [0.717, 1.165) is 53.9 Å². The van der Waals surface area contributed by atoms with Gasteiger partial charge in [0, 0.05) is 40.9 Å². The van der Waals surface area contributed by atoms with Gasteiger partial charge in [-0.25, -0.2) is 15.0 Å². The molecule has 41 heavy (non-hydrogen) atoms. The van der Waals surface area contributed by atoms with E-state index in [1.54, 1.807) is 4.57 Å². The summed E-state index contributed by atoms with van der Waals surface area (Å²) in [6, 6.07) is 15.7. The van der Waals surface area contributed by atoms with Crippen molar-refractivity contribution in [3.63, 3.8) is 0 Å². The zero-order valence-corrected chi connectivity index (χ0v) is 24.6. The second-order valence-corrected chi connectivity index (χ2v) is 12.2. The van der Waals surface area contributed by atoms with Crippen LogP contribution in [0.25, 0.3) is 22.8 Å². The maximum atomic E-state index is 13.4. The van der Waals surface area contributed by atoms with Crippen molar-refractivity contribution < 1.29 is 13.2 Å². The van der Waals surface area contributed by atoms with Crippen LogP contribution >= 0.6 is 0 Å². The number of hydrogen-bond donors (Lipinski definition) is 1. The molecule has 2 heterocycles. The van der Waals surface area contributed by atoms with Gasteiger partial charge in [-0.2, -0.15) is 13.2 Å². The summed E-state index contributed by atoms with van der Waals surface area (Å²) < 4.78 is 41.6. The van der Waals surface area contributed by atoms with Crippen LogP contribution in [0.1, 0.15) is 94.4 Å². The van der Waals surface area contributed by atoms with Crippen LogP contribution in [0.2, 0.25) is 0 Å². The average molecular weight is 562 g/mol. The third-order valence-electron chi connectivity index (χ3n) is 7.95. The number of benzene rings is 2. The van der Waals surface area contributed by atoms with Gasteiger partial charge < -0.3 is 9.88 Å². The van der Waals surface area contributed by atoms with E-state index in [4.69, 9.17) is 9.97 Å². The molecule has 0 bridgehead atoms. The summed E-state index contributed by atoms with van der Waals surface area (Å²) in [6.07, 6.45) is -0.323. The quantitative estimate of drug-likeness (QED) is 0.245. The Morgan fingerprint density at radius 3 is 2.32 bits per heavy atom. The van der Waals surface area contributed by atoms with Crippen molar-refractivity contribution >= 4 is 5.82 Å². The van der Waals surface area contributed by atoms with E-state index < -0.39 is 11.9 Å². The Morgan fingerprint density at radius 1 is 0.951 bits per heavy atom. The fourth-order valence-corrected chi connectivity index (χ4v) is 5.67. The molecule has 0 atom stereocenters. The molecule has 2 aromatic heterocycles. The SMILES string of the molecule is CC(C)c1ccccc1-c1nc(NCc2ccc(-c3nc(C(F)(F)F)cn3C(C)C)cc2)c2c(n1)C(C)(C)CCC2.